The Morgan fingerprint density at radius 3 is 2.33 bits per heavy atom. The van der Waals surface area contributed by atoms with Crippen LogP contribution in [0, 0.1) is 6.92 Å². The third-order valence-electron chi connectivity index (χ3n) is 3.02. The highest BCUT2D eigenvalue weighted by atomic mass is 32.2. The van der Waals surface area contributed by atoms with Crippen molar-refractivity contribution in [3.63, 3.8) is 0 Å². The number of fused-ring (bicyclic) bond motifs is 1. The molecule has 0 spiro atoms. The van der Waals surface area contributed by atoms with Crippen LogP contribution in [0.2, 0.25) is 0 Å². The summed E-state index contributed by atoms with van der Waals surface area (Å²) in [6.07, 6.45) is 1.41. The summed E-state index contributed by atoms with van der Waals surface area (Å²) in [4.78, 5) is 8.63. The number of hydrogen-bond acceptors (Lipinski definition) is 4. The number of rotatable bonds is 3. The van der Waals surface area contributed by atoms with Crippen molar-refractivity contribution >= 4 is 26.9 Å². The highest BCUT2D eigenvalue weighted by molar-refractivity contribution is 7.92. The van der Waals surface area contributed by atoms with Gasteiger partial charge in [0.25, 0.3) is 10.0 Å². The number of nitrogens with zero attached hydrogens (tertiary/aromatic N) is 2. The van der Waals surface area contributed by atoms with Gasteiger partial charge < -0.3 is 0 Å². The van der Waals surface area contributed by atoms with Crippen LogP contribution in [-0.2, 0) is 10.0 Å². The minimum absolute atomic E-state index is 0.197. The van der Waals surface area contributed by atoms with Crippen molar-refractivity contribution in [1.82, 2.24) is 9.97 Å². The lowest BCUT2D eigenvalue weighted by molar-refractivity contribution is 0.601. The number of sulfonamides is 1. The van der Waals surface area contributed by atoms with Crippen molar-refractivity contribution in [2.75, 3.05) is 4.72 Å². The van der Waals surface area contributed by atoms with E-state index in [1.54, 1.807) is 30.3 Å². The molecule has 21 heavy (non-hydrogen) atoms. The number of hydrogen-bond donors (Lipinski definition) is 1. The highest BCUT2D eigenvalue weighted by Crippen LogP contribution is 2.16. The van der Waals surface area contributed by atoms with Crippen LogP contribution in [0.15, 0.2) is 59.6 Å². The Kier molecular flexibility index (Phi) is 3.31. The fraction of sp³-hybridized carbons (Fsp3) is 0.0667. The molecule has 0 fully saturated rings. The van der Waals surface area contributed by atoms with Crippen molar-refractivity contribution in [2.24, 2.45) is 0 Å². The zero-order valence-electron chi connectivity index (χ0n) is 11.3. The standard InChI is InChI=1S/C15H13N3O2S/c1-11-6-8-12(9-7-11)21(19,20)18-15-10-16-13-4-2-3-5-14(13)17-15/h2-10H,1H3,(H,17,18). The summed E-state index contributed by atoms with van der Waals surface area (Å²) in [6.45, 7) is 1.90. The average Bonchev–Trinajstić information content (AvgIpc) is 2.47. The first-order valence-corrected chi connectivity index (χ1v) is 7.84. The molecule has 3 rings (SSSR count). The fourth-order valence-corrected chi connectivity index (χ4v) is 2.91. The van der Waals surface area contributed by atoms with Crippen molar-refractivity contribution in [1.29, 1.82) is 0 Å². The molecule has 5 nitrogen and oxygen atoms in total. The van der Waals surface area contributed by atoms with E-state index >= 15 is 0 Å². The van der Waals surface area contributed by atoms with Crippen LogP contribution in [0.4, 0.5) is 5.82 Å². The van der Waals surface area contributed by atoms with Gasteiger partial charge in [0.1, 0.15) is 0 Å². The molecule has 0 atom stereocenters. The summed E-state index contributed by atoms with van der Waals surface area (Å²) in [7, 11) is -3.65. The van der Waals surface area contributed by atoms with Gasteiger partial charge in [-0.05, 0) is 31.2 Å². The molecule has 106 valence electrons. The van der Waals surface area contributed by atoms with Crippen molar-refractivity contribution in [3.05, 3.63) is 60.3 Å². The quantitative estimate of drug-likeness (QED) is 0.807. The maximum absolute atomic E-state index is 12.3. The largest absolute Gasteiger partial charge is 0.263 e. The topological polar surface area (TPSA) is 72.0 Å². The Morgan fingerprint density at radius 1 is 0.952 bits per heavy atom. The smallest absolute Gasteiger partial charge is 0.262 e. The second-order valence-electron chi connectivity index (χ2n) is 4.66. The van der Waals surface area contributed by atoms with Crippen LogP contribution in [0.5, 0.6) is 0 Å². The van der Waals surface area contributed by atoms with Crippen LogP contribution < -0.4 is 4.72 Å². The van der Waals surface area contributed by atoms with Gasteiger partial charge >= 0.3 is 0 Å². The van der Waals surface area contributed by atoms with Crippen molar-refractivity contribution in [3.8, 4) is 0 Å². The normalized spacial score (nSPS) is 11.5. The summed E-state index contributed by atoms with van der Waals surface area (Å²) in [5, 5.41) is 0. The van der Waals surface area contributed by atoms with Gasteiger partial charge in [0, 0.05) is 0 Å². The molecule has 0 aliphatic rings. The summed E-state index contributed by atoms with van der Waals surface area (Å²) in [5.74, 6) is 0.203. The highest BCUT2D eigenvalue weighted by Gasteiger charge is 2.14. The number of aryl methyl sites for hydroxylation is 1. The van der Waals surface area contributed by atoms with E-state index in [2.05, 4.69) is 14.7 Å². The number of nitrogens with one attached hydrogen (secondary N) is 1. The van der Waals surface area contributed by atoms with Gasteiger partial charge in [-0.2, -0.15) is 0 Å². The Labute approximate surface area is 122 Å². The van der Waals surface area contributed by atoms with Gasteiger partial charge in [0.2, 0.25) is 0 Å². The molecular weight excluding hydrogens is 286 g/mol. The molecule has 0 bridgehead atoms. The Morgan fingerprint density at radius 2 is 1.62 bits per heavy atom. The van der Waals surface area contributed by atoms with E-state index in [-0.39, 0.29) is 10.7 Å². The molecule has 1 aromatic heterocycles. The van der Waals surface area contributed by atoms with Gasteiger partial charge in [-0.1, -0.05) is 29.8 Å². The van der Waals surface area contributed by atoms with E-state index in [9.17, 15) is 8.42 Å². The summed E-state index contributed by atoms with van der Waals surface area (Å²) >= 11 is 0. The lowest BCUT2D eigenvalue weighted by Gasteiger charge is -2.08. The second kappa shape index (κ2) is 5.14. The molecule has 0 saturated carbocycles. The van der Waals surface area contributed by atoms with E-state index < -0.39 is 10.0 Å². The van der Waals surface area contributed by atoms with Crippen molar-refractivity contribution < 1.29 is 8.42 Å². The van der Waals surface area contributed by atoms with Crippen LogP contribution in [0.25, 0.3) is 11.0 Å². The van der Waals surface area contributed by atoms with E-state index in [0.717, 1.165) is 11.1 Å². The lowest BCUT2D eigenvalue weighted by atomic mass is 10.2. The zero-order valence-corrected chi connectivity index (χ0v) is 12.1. The summed E-state index contributed by atoms with van der Waals surface area (Å²) < 4.78 is 27.0. The predicted octanol–water partition coefficient (Wildman–Crippen LogP) is 2.74. The molecule has 0 amide bonds. The van der Waals surface area contributed by atoms with E-state index in [0.29, 0.717) is 5.52 Å². The van der Waals surface area contributed by atoms with E-state index in [1.807, 2.05) is 25.1 Å². The molecule has 2 aromatic carbocycles. The van der Waals surface area contributed by atoms with E-state index in [4.69, 9.17) is 0 Å². The third-order valence-corrected chi connectivity index (χ3v) is 4.39. The minimum Gasteiger partial charge on any atom is -0.262 e. The maximum atomic E-state index is 12.3. The molecule has 1 N–H and O–H groups in total. The minimum atomic E-state index is -3.65. The van der Waals surface area contributed by atoms with Gasteiger partial charge in [0.05, 0.1) is 22.1 Å². The third kappa shape index (κ3) is 2.85. The first-order chi connectivity index (χ1) is 10.0. The van der Waals surface area contributed by atoms with Crippen LogP contribution in [0.3, 0.4) is 0 Å². The molecule has 0 radical (unpaired) electrons. The lowest BCUT2D eigenvalue weighted by Crippen LogP contribution is -2.14. The SMILES string of the molecule is Cc1ccc(S(=O)(=O)Nc2cnc3ccccc3n2)cc1. The second-order valence-corrected chi connectivity index (χ2v) is 6.34. The molecular formula is C15H13N3O2S. The molecule has 3 aromatic rings. The van der Waals surface area contributed by atoms with Gasteiger partial charge in [-0.25, -0.2) is 13.4 Å². The summed E-state index contributed by atoms with van der Waals surface area (Å²) in [5.41, 5.74) is 2.36. The molecule has 6 heteroatoms. The Hall–Kier alpha value is -2.47. The Bertz CT molecular complexity index is 890. The molecule has 0 aliphatic heterocycles. The maximum Gasteiger partial charge on any atom is 0.263 e. The predicted molar refractivity (Wildman–Crippen MR) is 81.5 cm³/mol. The van der Waals surface area contributed by atoms with Crippen LogP contribution in [0.1, 0.15) is 5.56 Å². The van der Waals surface area contributed by atoms with Crippen LogP contribution >= 0.6 is 0 Å². The number of para-hydroxylation sites is 2. The molecule has 0 unspecified atom stereocenters. The number of benzene rings is 2. The number of anilines is 1. The first kappa shape index (κ1) is 13.5. The molecule has 0 saturated heterocycles. The average molecular weight is 299 g/mol. The molecule has 1 heterocycles. The van der Waals surface area contributed by atoms with Gasteiger partial charge in [-0.15, -0.1) is 0 Å². The number of aromatic nitrogens is 2. The van der Waals surface area contributed by atoms with Crippen LogP contribution in [-0.4, -0.2) is 18.4 Å². The van der Waals surface area contributed by atoms with Gasteiger partial charge in [0.15, 0.2) is 5.82 Å². The Balaban J connectivity index is 1.95. The monoisotopic (exact) mass is 299 g/mol. The summed E-state index contributed by atoms with van der Waals surface area (Å²) in [6, 6.07) is 13.9. The first-order valence-electron chi connectivity index (χ1n) is 6.36. The molecule has 0 aliphatic carbocycles. The zero-order chi connectivity index (χ0) is 14.9. The van der Waals surface area contributed by atoms with Gasteiger partial charge in [-0.3, -0.25) is 9.71 Å². The fourth-order valence-electron chi connectivity index (χ4n) is 1.92. The van der Waals surface area contributed by atoms with Crippen molar-refractivity contribution in [2.45, 2.75) is 11.8 Å². The van der Waals surface area contributed by atoms with E-state index in [1.165, 1.54) is 6.20 Å².